The molecule has 0 amide bonds. The lowest BCUT2D eigenvalue weighted by molar-refractivity contribution is 0.306. The van der Waals surface area contributed by atoms with E-state index < -0.39 is 0 Å². The molecule has 0 fully saturated rings. The highest BCUT2D eigenvalue weighted by Gasteiger charge is 2.12. The topological polar surface area (TPSA) is 58.5 Å². The molecule has 1 heterocycles. The van der Waals surface area contributed by atoms with Crippen molar-refractivity contribution in [3.05, 3.63) is 81.6 Å². The molecule has 0 saturated carbocycles. The lowest BCUT2D eigenvalue weighted by atomic mass is 10.2. The monoisotopic (exact) mass is 364 g/mol. The Bertz CT molecular complexity index is 965. The van der Waals surface area contributed by atoms with E-state index in [1.165, 1.54) is 0 Å². The van der Waals surface area contributed by atoms with Crippen molar-refractivity contribution in [2.75, 3.05) is 0 Å². The molecule has 5 heteroatoms. The third kappa shape index (κ3) is 4.14. The van der Waals surface area contributed by atoms with Gasteiger partial charge in [-0.25, -0.2) is 4.99 Å². The Hall–Kier alpha value is -3.03. The van der Waals surface area contributed by atoms with Crippen molar-refractivity contribution in [3.63, 3.8) is 0 Å². The van der Waals surface area contributed by atoms with Crippen LogP contribution in [-0.4, -0.2) is 6.21 Å². The van der Waals surface area contributed by atoms with E-state index in [1.807, 2.05) is 62.4 Å². The molecule has 26 heavy (non-hydrogen) atoms. The summed E-state index contributed by atoms with van der Waals surface area (Å²) < 4.78 is 11.3. The molecule has 1 aromatic heterocycles. The molecule has 0 spiro atoms. The number of ether oxygens (including phenoxy) is 1. The van der Waals surface area contributed by atoms with Crippen molar-refractivity contribution in [1.82, 2.24) is 0 Å². The predicted octanol–water partition coefficient (Wildman–Crippen LogP) is 5.75. The lowest BCUT2D eigenvalue weighted by Crippen LogP contribution is -1.95. The molecule has 0 aliphatic carbocycles. The average Bonchev–Trinajstić information content (AvgIpc) is 2.93. The highest BCUT2D eigenvalue weighted by molar-refractivity contribution is 6.30. The zero-order valence-electron chi connectivity index (χ0n) is 14.5. The van der Waals surface area contributed by atoms with Gasteiger partial charge in [0.2, 0.25) is 5.88 Å². The van der Waals surface area contributed by atoms with Crippen LogP contribution in [-0.2, 0) is 6.61 Å². The van der Waals surface area contributed by atoms with E-state index >= 15 is 0 Å². The first-order valence-corrected chi connectivity index (χ1v) is 8.46. The van der Waals surface area contributed by atoms with Gasteiger partial charge in [-0.05, 0) is 61.4 Å². The van der Waals surface area contributed by atoms with Gasteiger partial charge in [0.05, 0.1) is 0 Å². The standard InChI is InChI=1S/C21H17ClN2O2/c1-14-15(2)26-21(20(14)11-23)24-12-16-5-9-19(10-6-16)25-13-17-3-7-18(22)8-4-17/h3-10,12H,13H2,1-2H3. The summed E-state index contributed by atoms with van der Waals surface area (Å²) in [7, 11) is 0. The average molecular weight is 365 g/mol. The normalized spacial score (nSPS) is 10.8. The maximum absolute atomic E-state index is 9.21. The summed E-state index contributed by atoms with van der Waals surface area (Å²) in [5.74, 6) is 1.81. The van der Waals surface area contributed by atoms with Gasteiger partial charge < -0.3 is 9.15 Å². The number of hydrogen-bond acceptors (Lipinski definition) is 4. The van der Waals surface area contributed by atoms with Crippen LogP contribution in [0.4, 0.5) is 5.88 Å². The van der Waals surface area contributed by atoms with E-state index in [1.54, 1.807) is 6.21 Å². The Morgan fingerprint density at radius 1 is 1.12 bits per heavy atom. The van der Waals surface area contributed by atoms with Gasteiger partial charge in [0, 0.05) is 16.8 Å². The third-order valence-electron chi connectivity index (χ3n) is 4.01. The fourth-order valence-electron chi connectivity index (χ4n) is 2.36. The van der Waals surface area contributed by atoms with E-state index in [2.05, 4.69) is 11.1 Å². The van der Waals surface area contributed by atoms with Gasteiger partial charge in [-0.1, -0.05) is 23.7 Å². The predicted molar refractivity (Wildman–Crippen MR) is 102 cm³/mol. The number of furan rings is 1. The zero-order valence-corrected chi connectivity index (χ0v) is 15.2. The minimum atomic E-state index is 0.338. The summed E-state index contributed by atoms with van der Waals surface area (Å²) in [6.07, 6.45) is 1.67. The van der Waals surface area contributed by atoms with E-state index in [0.717, 1.165) is 22.4 Å². The summed E-state index contributed by atoms with van der Waals surface area (Å²) in [6.45, 7) is 4.15. The van der Waals surface area contributed by atoms with Gasteiger partial charge in [-0.3, -0.25) is 0 Å². The quantitative estimate of drug-likeness (QED) is 0.541. The second-order valence-corrected chi connectivity index (χ2v) is 6.25. The molecule has 0 unspecified atom stereocenters. The van der Waals surface area contributed by atoms with Gasteiger partial charge in [0.1, 0.15) is 29.7 Å². The number of benzene rings is 2. The van der Waals surface area contributed by atoms with E-state index in [4.69, 9.17) is 20.8 Å². The Morgan fingerprint density at radius 2 is 1.81 bits per heavy atom. The van der Waals surface area contributed by atoms with Crippen molar-refractivity contribution < 1.29 is 9.15 Å². The smallest absolute Gasteiger partial charge is 0.237 e. The van der Waals surface area contributed by atoms with Crippen LogP contribution in [0.2, 0.25) is 5.02 Å². The van der Waals surface area contributed by atoms with Crippen molar-refractivity contribution in [3.8, 4) is 11.8 Å². The first kappa shape index (κ1) is 17.8. The Morgan fingerprint density at radius 3 is 2.46 bits per heavy atom. The van der Waals surface area contributed by atoms with Crippen molar-refractivity contribution in [2.45, 2.75) is 20.5 Å². The zero-order chi connectivity index (χ0) is 18.5. The highest BCUT2D eigenvalue weighted by Crippen LogP contribution is 2.27. The van der Waals surface area contributed by atoms with Crippen LogP contribution in [0, 0.1) is 25.2 Å². The Balaban J connectivity index is 1.65. The number of nitrogens with zero attached hydrogens (tertiary/aromatic N) is 2. The van der Waals surface area contributed by atoms with Crippen molar-refractivity contribution >= 4 is 23.7 Å². The summed E-state index contributed by atoms with van der Waals surface area (Å²) in [5.41, 5.74) is 3.24. The fraction of sp³-hybridized carbons (Fsp3) is 0.143. The minimum Gasteiger partial charge on any atom is -0.489 e. The van der Waals surface area contributed by atoms with Gasteiger partial charge in [-0.15, -0.1) is 0 Å². The summed E-state index contributed by atoms with van der Waals surface area (Å²) >= 11 is 5.87. The summed E-state index contributed by atoms with van der Waals surface area (Å²) in [5, 5.41) is 9.91. The molecule has 0 atom stereocenters. The Kier molecular flexibility index (Phi) is 5.40. The molecule has 3 rings (SSSR count). The second-order valence-electron chi connectivity index (χ2n) is 5.82. The van der Waals surface area contributed by atoms with Crippen molar-refractivity contribution in [1.29, 1.82) is 5.26 Å². The van der Waals surface area contributed by atoms with Gasteiger partial charge in [-0.2, -0.15) is 5.26 Å². The first-order valence-electron chi connectivity index (χ1n) is 8.08. The van der Waals surface area contributed by atoms with Crippen LogP contribution in [0.1, 0.15) is 28.0 Å². The van der Waals surface area contributed by atoms with E-state index in [-0.39, 0.29) is 0 Å². The van der Waals surface area contributed by atoms with Crippen LogP contribution in [0.5, 0.6) is 5.75 Å². The summed E-state index contributed by atoms with van der Waals surface area (Å²) in [4.78, 5) is 4.29. The largest absolute Gasteiger partial charge is 0.489 e. The van der Waals surface area contributed by atoms with Crippen LogP contribution in [0.15, 0.2) is 57.9 Å². The maximum atomic E-state index is 9.21. The molecule has 0 bridgehead atoms. The Labute approximate surface area is 157 Å². The number of nitriles is 1. The molecule has 0 N–H and O–H groups in total. The lowest BCUT2D eigenvalue weighted by Gasteiger charge is -2.06. The highest BCUT2D eigenvalue weighted by atomic mass is 35.5. The minimum absolute atomic E-state index is 0.338. The van der Waals surface area contributed by atoms with Gasteiger partial charge in [0.25, 0.3) is 0 Å². The number of halogens is 1. The van der Waals surface area contributed by atoms with Crippen LogP contribution >= 0.6 is 11.6 Å². The molecule has 0 radical (unpaired) electrons. The van der Waals surface area contributed by atoms with Gasteiger partial charge in [0.15, 0.2) is 0 Å². The number of rotatable bonds is 5. The van der Waals surface area contributed by atoms with Gasteiger partial charge >= 0.3 is 0 Å². The van der Waals surface area contributed by atoms with E-state index in [0.29, 0.717) is 28.8 Å². The number of aryl methyl sites for hydroxylation is 1. The van der Waals surface area contributed by atoms with Crippen LogP contribution in [0.25, 0.3) is 0 Å². The SMILES string of the molecule is Cc1oc(N=Cc2ccc(OCc3ccc(Cl)cc3)cc2)c(C#N)c1C. The van der Waals surface area contributed by atoms with E-state index in [9.17, 15) is 5.26 Å². The fourth-order valence-corrected chi connectivity index (χ4v) is 2.49. The third-order valence-corrected chi connectivity index (χ3v) is 4.26. The summed E-state index contributed by atoms with van der Waals surface area (Å²) in [6, 6.07) is 17.2. The number of aliphatic imine (C=N–C) groups is 1. The molecule has 3 aromatic rings. The molecule has 4 nitrogen and oxygen atoms in total. The molecule has 2 aromatic carbocycles. The molecule has 0 aliphatic rings. The van der Waals surface area contributed by atoms with Crippen LogP contribution < -0.4 is 4.74 Å². The molecular formula is C21H17ClN2O2. The second kappa shape index (κ2) is 7.90. The first-order chi connectivity index (χ1) is 12.6. The number of hydrogen-bond donors (Lipinski definition) is 0. The van der Waals surface area contributed by atoms with Crippen LogP contribution in [0.3, 0.4) is 0 Å². The maximum Gasteiger partial charge on any atom is 0.237 e. The molecule has 130 valence electrons. The molecule has 0 aliphatic heterocycles. The molecular weight excluding hydrogens is 348 g/mol. The molecule has 0 saturated heterocycles. The van der Waals surface area contributed by atoms with Crippen molar-refractivity contribution in [2.24, 2.45) is 4.99 Å².